The van der Waals surface area contributed by atoms with Crippen LogP contribution in [0.4, 0.5) is 5.82 Å². The van der Waals surface area contributed by atoms with Gasteiger partial charge in [-0.05, 0) is 47.5 Å². The smallest absolute Gasteiger partial charge is 0.296 e. The summed E-state index contributed by atoms with van der Waals surface area (Å²) >= 11 is 6.05. The van der Waals surface area contributed by atoms with Gasteiger partial charge in [0.2, 0.25) is 5.76 Å². The number of rotatable bonds is 5. The van der Waals surface area contributed by atoms with Gasteiger partial charge in [-0.3, -0.25) is 14.5 Å². The number of anilines is 1. The Labute approximate surface area is 211 Å². The van der Waals surface area contributed by atoms with Gasteiger partial charge < -0.3 is 9.15 Å². The standard InChI is InChI=1S/C29H19ClN2O4/c30-20-13-14-24(31-16-20)32-26(19-9-6-10-21(15-19)35-17-18-7-2-1-3-8-18)25-27(33)22-11-4-5-12-23(22)36-28(25)29(32)34/h1-16,26H,17H2. The maximum Gasteiger partial charge on any atom is 0.296 e. The van der Waals surface area contributed by atoms with Crippen molar-refractivity contribution >= 4 is 34.3 Å². The first-order valence-corrected chi connectivity index (χ1v) is 11.8. The van der Waals surface area contributed by atoms with Crippen LogP contribution in [-0.2, 0) is 6.61 Å². The zero-order valence-corrected chi connectivity index (χ0v) is 19.7. The number of amides is 1. The highest BCUT2D eigenvalue weighted by Crippen LogP contribution is 2.41. The van der Waals surface area contributed by atoms with Crippen molar-refractivity contribution in [2.24, 2.45) is 0 Å². The van der Waals surface area contributed by atoms with Crippen molar-refractivity contribution in [1.29, 1.82) is 0 Å². The van der Waals surface area contributed by atoms with E-state index in [0.29, 0.717) is 39.7 Å². The minimum atomic E-state index is -0.748. The Kier molecular flexibility index (Phi) is 5.51. The monoisotopic (exact) mass is 494 g/mol. The van der Waals surface area contributed by atoms with E-state index < -0.39 is 11.9 Å². The van der Waals surface area contributed by atoms with Gasteiger partial charge in [-0.1, -0.05) is 66.2 Å². The van der Waals surface area contributed by atoms with E-state index in [4.69, 9.17) is 20.8 Å². The zero-order chi connectivity index (χ0) is 24.6. The third-order valence-electron chi connectivity index (χ3n) is 6.16. The number of benzene rings is 3. The van der Waals surface area contributed by atoms with E-state index in [0.717, 1.165) is 5.56 Å². The molecule has 6 rings (SSSR count). The Morgan fingerprint density at radius 2 is 1.72 bits per heavy atom. The number of carbonyl (C=O) groups excluding carboxylic acids is 1. The molecule has 0 aliphatic carbocycles. The van der Waals surface area contributed by atoms with Crippen molar-refractivity contribution in [1.82, 2.24) is 4.98 Å². The van der Waals surface area contributed by atoms with E-state index in [-0.39, 0.29) is 16.8 Å². The zero-order valence-electron chi connectivity index (χ0n) is 18.9. The van der Waals surface area contributed by atoms with Gasteiger partial charge in [0.25, 0.3) is 5.91 Å². The van der Waals surface area contributed by atoms with Crippen molar-refractivity contribution in [2.75, 3.05) is 4.90 Å². The molecular formula is C29H19ClN2O4. The van der Waals surface area contributed by atoms with E-state index in [1.165, 1.54) is 11.1 Å². The maximum absolute atomic E-state index is 13.7. The Hall–Kier alpha value is -4.42. The molecule has 0 N–H and O–H groups in total. The van der Waals surface area contributed by atoms with Crippen LogP contribution < -0.4 is 15.1 Å². The lowest BCUT2D eigenvalue weighted by Gasteiger charge is -2.24. The first-order chi connectivity index (χ1) is 17.6. The first kappa shape index (κ1) is 22.1. The minimum Gasteiger partial charge on any atom is -0.489 e. The Morgan fingerprint density at radius 3 is 2.53 bits per heavy atom. The van der Waals surface area contributed by atoms with Gasteiger partial charge in [0, 0.05) is 6.20 Å². The van der Waals surface area contributed by atoms with E-state index in [1.807, 2.05) is 54.6 Å². The summed E-state index contributed by atoms with van der Waals surface area (Å²) in [5, 5.41) is 0.854. The van der Waals surface area contributed by atoms with Crippen LogP contribution in [0.15, 0.2) is 106 Å². The van der Waals surface area contributed by atoms with Crippen LogP contribution in [0, 0.1) is 0 Å². The molecule has 1 aliphatic rings. The quantitative estimate of drug-likeness (QED) is 0.292. The molecule has 5 aromatic rings. The molecule has 0 bridgehead atoms. The van der Waals surface area contributed by atoms with Crippen LogP contribution in [0.1, 0.15) is 33.3 Å². The molecular weight excluding hydrogens is 476 g/mol. The number of aromatic nitrogens is 1. The lowest BCUT2D eigenvalue weighted by atomic mass is 9.98. The number of halogens is 1. The van der Waals surface area contributed by atoms with Crippen LogP contribution in [0.5, 0.6) is 5.75 Å². The summed E-state index contributed by atoms with van der Waals surface area (Å²) in [5.74, 6) is 0.547. The van der Waals surface area contributed by atoms with E-state index >= 15 is 0 Å². The number of nitrogens with zero attached hydrogens (tertiary/aromatic N) is 2. The molecule has 3 aromatic carbocycles. The molecule has 36 heavy (non-hydrogen) atoms. The molecule has 0 fully saturated rings. The molecule has 7 heteroatoms. The van der Waals surface area contributed by atoms with Crippen molar-refractivity contribution in [2.45, 2.75) is 12.6 Å². The van der Waals surface area contributed by atoms with E-state index in [2.05, 4.69) is 4.98 Å². The van der Waals surface area contributed by atoms with Gasteiger partial charge in [0.05, 0.1) is 22.0 Å². The normalized spacial score (nSPS) is 14.8. The number of hydrogen-bond donors (Lipinski definition) is 0. The lowest BCUT2D eigenvalue weighted by Crippen LogP contribution is -2.30. The fraction of sp³-hybridized carbons (Fsp3) is 0.0690. The van der Waals surface area contributed by atoms with Crippen LogP contribution in [-0.4, -0.2) is 10.9 Å². The highest BCUT2D eigenvalue weighted by Gasteiger charge is 2.44. The van der Waals surface area contributed by atoms with Crippen molar-refractivity contribution in [3.63, 3.8) is 0 Å². The largest absolute Gasteiger partial charge is 0.489 e. The topological polar surface area (TPSA) is 72.6 Å². The summed E-state index contributed by atoms with van der Waals surface area (Å²) in [6.07, 6.45) is 1.47. The fourth-order valence-electron chi connectivity index (χ4n) is 4.50. The molecule has 1 atom stereocenters. The van der Waals surface area contributed by atoms with Crippen LogP contribution in [0.2, 0.25) is 5.02 Å². The first-order valence-electron chi connectivity index (χ1n) is 11.4. The molecule has 0 spiro atoms. The SMILES string of the molecule is O=C1c2oc3ccccc3c(=O)c2C(c2cccc(OCc3ccccc3)c2)N1c1ccc(Cl)cn1. The Bertz CT molecular complexity index is 1650. The van der Waals surface area contributed by atoms with Crippen molar-refractivity contribution in [3.8, 4) is 5.75 Å². The predicted molar refractivity (Wildman–Crippen MR) is 138 cm³/mol. The van der Waals surface area contributed by atoms with Crippen LogP contribution in [0.25, 0.3) is 11.0 Å². The van der Waals surface area contributed by atoms with E-state index in [1.54, 1.807) is 36.4 Å². The highest BCUT2D eigenvalue weighted by molar-refractivity contribution is 6.30. The molecule has 3 heterocycles. The third kappa shape index (κ3) is 3.82. The predicted octanol–water partition coefficient (Wildman–Crippen LogP) is 6.17. The number of para-hydroxylation sites is 1. The van der Waals surface area contributed by atoms with Gasteiger partial charge >= 0.3 is 0 Å². The highest BCUT2D eigenvalue weighted by atomic mass is 35.5. The summed E-state index contributed by atoms with van der Waals surface area (Å²) in [5.41, 5.74) is 2.11. The van der Waals surface area contributed by atoms with Gasteiger partial charge in [-0.15, -0.1) is 0 Å². The third-order valence-corrected chi connectivity index (χ3v) is 6.38. The van der Waals surface area contributed by atoms with Crippen molar-refractivity contribution < 1.29 is 13.9 Å². The maximum atomic E-state index is 13.7. The Morgan fingerprint density at radius 1 is 0.917 bits per heavy atom. The molecule has 0 radical (unpaired) electrons. The van der Waals surface area contributed by atoms with Crippen molar-refractivity contribution in [3.05, 3.63) is 135 Å². The number of fused-ring (bicyclic) bond motifs is 2. The second-order valence-electron chi connectivity index (χ2n) is 8.43. The number of hydrogen-bond acceptors (Lipinski definition) is 5. The number of pyridine rings is 1. The Balaban J connectivity index is 1.48. The molecule has 0 saturated carbocycles. The average Bonchev–Trinajstić information content (AvgIpc) is 3.21. The second kappa shape index (κ2) is 8.98. The average molecular weight is 495 g/mol. The van der Waals surface area contributed by atoms with Crippen LogP contribution in [0.3, 0.4) is 0 Å². The number of carbonyl (C=O) groups is 1. The van der Waals surface area contributed by atoms with Crippen LogP contribution >= 0.6 is 11.6 Å². The summed E-state index contributed by atoms with van der Waals surface area (Å²) < 4.78 is 12.0. The molecule has 0 saturated heterocycles. The molecule has 176 valence electrons. The summed E-state index contributed by atoms with van der Waals surface area (Å²) in [7, 11) is 0. The lowest BCUT2D eigenvalue weighted by molar-refractivity contribution is 0.0970. The molecule has 2 aromatic heterocycles. The van der Waals surface area contributed by atoms with Gasteiger partial charge in [0.1, 0.15) is 23.8 Å². The molecule has 6 nitrogen and oxygen atoms in total. The molecule has 1 unspecified atom stereocenters. The fourth-order valence-corrected chi connectivity index (χ4v) is 4.61. The van der Waals surface area contributed by atoms with Gasteiger partial charge in [-0.2, -0.15) is 0 Å². The van der Waals surface area contributed by atoms with Gasteiger partial charge in [0.15, 0.2) is 5.43 Å². The van der Waals surface area contributed by atoms with E-state index in [9.17, 15) is 9.59 Å². The van der Waals surface area contributed by atoms with Gasteiger partial charge in [-0.25, -0.2) is 4.98 Å². The summed E-state index contributed by atoms with van der Waals surface area (Å²) in [6.45, 7) is 0.389. The number of ether oxygens (including phenoxy) is 1. The summed E-state index contributed by atoms with van der Waals surface area (Å²) in [4.78, 5) is 33.1. The molecule has 1 aliphatic heterocycles. The second-order valence-corrected chi connectivity index (χ2v) is 8.87. The molecule has 1 amide bonds. The summed E-state index contributed by atoms with van der Waals surface area (Å²) in [6, 6.07) is 26.7. The minimum absolute atomic E-state index is 0.0102.